The van der Waals surface area contributed by atoms with Gasteiger partial charge in [0.2, 0.25) is 0 Å². The third-order valence-corrected chi connectivity index (χ3v) is 4.46. The summed E-state index contributed by atoms with van der Waals surface area (Å²) in [5.74, 6) is -1.08. The van der Waals surface area contributed by atoms with Gasteiger partial charge in [-0.3, -0.25) is 0 Å². The molecule has 3 rings (SSSR count). The molecule has 0 spiro atoms. The third-order valence-electron chi connectivity index (χ3n) is 4.46. The molecule has 26 heavy (non-hydrogen) atoms. The van der Waals surface area contributed by atoms with Crippen molar-refractivity contribution in [2.45, 2.75) is 26.7 Å². The molecule has 2 aromatic carbocycles. The smallest absolute Gasteiger partial charge is 0.160 e. The van der Waals surface area contributed by atoms with Crippen LogP contribution in [0.15, 0.2) is 35.5 Å². The van der Waals surface area contributed by atoms with Gasteiger partial charge >= 0.3 is 0 Å². The SMILES string of the molecule is COc1cc2c(C=NO)c(C(C)C)n(-c3ccc(F)c(F)c3)c2cc1C. The van der Waals surface area contributed by atoms with Gasteiger partial charge in [0.25, 0.3) is 0 Å². The molecule has 1 aromatic heterocycles. The van der Waals surface area contributed by atoms with Crippen molar-refractivity contribution < 1.29 is 18.7 Å². The van der Waals surface area contributed by atoms with E-state index in [1.165, 1.54) is 18.3 Å². The molecular weight excluding hydrogens is 338 g/mol. The standard InChI is InChI=1S/C20H20F2N2O2/c1-11(2)20-15(10-23-25)14-9-19(26-4)12(3)7-18(14)24(20)13-5-6-16(21)17(22)8-13/h5-11,25H,1-4H3. The summed E-state index contributed by atoms with van der Waals surface area (Å²) >= 11 is 0. The number of methoxy groups -OCH3 is 1. The highest BCUT2D eigenvalue weighted by atomic mass is 19.2. The molecule has 0 aliphatic rings. The van der Waals surface area contributed by atoms with Crippen LogP contribution in [0.5, 0.6) is 5.75 Å². The molecule has 0 amide bonds. The Morgan fingerprint density at radius 2 is 1.88 bits per heavy atom. The van der Waals surface area contributed by atoms with Crippen molar-refractivity contribution in [3.8, 4) is 11.4 Å². The van der Waals surface area contributed by atoms with Crippen LogP contribution in [0.25, 0.3) is 16.6 Å². The van der Waals surface area contributed by atoms with Crippen molar-refractivity contribution in [1.82, 2.24) is 4.57 Å². The van der Waals surface area contributed by atoms with Gasteiger partial charge < -0.3 is 14.5 Å². The van der Waals surface area contributed by atoms with Gasteiger partial charge in [-0.2, -0.15) is 0 Å². The Morgan fingerprint density at radius 3 is 2.46 bits per heavy atom. The van der Waals surface area contributed by atoms with Crippen LogP contribution >= 0.6 is 0 Å². The second kappa shape index (κ2) is 6.78. The van der Waals surface area contributed by atoms with Gasteiger partial charge in [0.1, 0.15) is 5.75 Å². The third kappa shape index (κ3) is 2.81. The summed E-state index contributed by atoms with van der Waals surface area (Å²) < 4.78 is 34.6. The summed E-state index contributed by atoms with van der Waals surface area (Å²) in [6.07, 6.45) is 1.36. The van der Waals surface area contributed by atoms with Crippen molar-refractivity contribution in [2.24, 2.45) is 5.16 Å². The molecule has 6 heteroatoms. The zero-order valence-electron chi connectivity index (χ0n) is 15.0. The predicted molar refractivity (Wildman–Crippen MR) is 97.9 cm³/mol. The van der Waals surface area contributed by atoms with Gasteiger partial charge in [-0.25, -0.2) is 8.78 Å². The molecule has 3 aromatic rings. The largest absolute Gasteiger partial charge is 0.496 e. The second-order valence-corrected chi connectivity index (χ2v) is 6.47. The molecule has 0 unspecified atom stereocenters. The minimum Gasteiger partial charge on any atom is -0.496 e. The number of nitrogens with zero attached hydrogens (tertiary/aromatic N) is 2. The van der Waals surface area contributed by atoms with Crippen LogP contribution in [-0.2, 0) is 0 Å². The summed E-state index contributed by atoms with van der Waals surface area (Å²) in [7, 11) is 1.59. The number of aryl methyl sites for hydroxylation is 1. The van der Waals surface area contributed by atoms with Gasteiger partial charge in [-0.15, -0.1) is 0 Å². The van der Waals surface area contributed by atoms with Crippen LogP contribution in [0.1, 0.15) is 36.6 Å². The second-order valence-electron chi connectivity index (χ2n) is 6.47. The molecule has 4 nitrogen and oxygen atoms in total. The normalized spacial score (nSPS) is 11.8. The van der Waals surface area contributed by atoms with E-state index >= 15 is 0 Å². The lowest BCUT2D eigenvalue weighted by atomic mass is 10.0. The summed E-state index contributed by atoms with van der Waals surface area (Å²) in [5.41, 5.74) is 3.74. The molecule has 0 saturated carbocycles. The average Bonchev–Trinajstić information content (AvgIpc) is 2.90. The maximum Gasteiger partial charge on any atom is 0.160 e. The molecule has 0 aliphatic carbocycles. The van der Waals surface area contributed by atoms with E-state index in [1.807, 2.05) is 37.5 Å². The monoisotopic (exact) mass is 358 g/mol. The molecule has 1 heterocycles. The number of rotatable bonds is 4. The fourth-order valence-electron chi connectivity index (χ4n) is 3.35. The van der Waals surface area contributed by atoms with Gasteiger partial charge in [0.15, 0.2) is 11.6 Å². The minimum absolute atomic E-state index is 0.0369. The highest BCUT2D eigenvalue weighted by Gasteiger charge is 2.22. The Bertz CT molecular complexity index is 1010. The van der Waals surface area contributed by atoms with E-state index < -0.39 is 11.6 Å². The number of oxime groups is 1. The maximum atomic E-state index is 13.9. The van der Waals surface area contributed by atoms with Crippen molar-refractivity contribution in [1.29, 1.82) is 0 Å². The van der Waals surface area contributed by atoms with Crippen LogP contribution in [0.2, 0.25) is 0 Å². The van der Waals surface area contributed by atoms with Crippen molar-refractivity contribution >= 4 is 17.1 Å². The van der Waals surface area contributed by atoms with Crippen LogP contribution in [-0.4, -0.2) is 23.1 Å². The first kappa shape index (κ1) is 17.9. The first-order valence-electron chi connectivity index (χ1n) is 8.24. The van der Waals surface area contributed by atoms with E-state index in [0.29, 0.717) is 17.0 Å². The van der Waals surface area contributed by atoms with E-state index in [-0.39, 0.29) is 5.92 Å². The highest BCUT2D eigenvalue weighted by molar-refractivity contribution is 6.03. The number of hydrogen-bond acceptors (Lipinski definition) is 3. The fourth-order valence-corrected chi connectivity index (χ4v) is 3.35. The topological polar surface area (TPSA) is 46.8 Å². The Hall–Kier alpha value is -2.89. The van der Waals surface area contributed by atoms with Crippen molar-refractivity contribution in [3.63, 3.8) is 0 Å². The van der Waals surface area contributed by atoms with Crippen LogP contribution in [0.4, 0.5) is 8.78 Å². The van der Waals surface area contributed by atoms with Crippen LogP contribution < -0.4 is 4.74 Å². The lowest BCUT2D eigenvalue weighted by Crippen LogP contribution is -2.05. The van der Waals surface area contributed by atoms with Gasteiger partial charge in [-0.05, 0) is 42.7 Å². The summed E-state index contributed by atoms with van der Waals surface area (Å²) in [5, 5.41) is 13.2. The first-order chi connectivity index (χ1) is 12.4. The van der Waals surface area contributed by atoms with E-state index in [0.717, 1.165) is 28.2 Å². The van der Waals surface area contributed by atoms with E-state index in [2.05, 4.69) is 5.16 Å². The molecule has 1 N–H and O–H groups in total. The Labute approximate surface area is 150 Å². The summed E-state index contributed by atoms with van der Waals surface area (Å²) in [4.78, 5) is 0. The summed E-state index contributed by atoms with van der Waals surface area (Å²) in [6, 6.07) is 7.60. The Balaban J connectivity index is 2.48. The minimum atomic E-state index is -0.915. The lowest BCUT2D eigenvalue weighted by Gasteiger charge is -2.15. The van der Waals surface area contributed by atoms with Crippen LogP contribution in [0, 0.1) is 18.6 Å². The molecule has 0 atom stereocenters. The Kier molecular flexibility index (Phi) is 4.68. The van der Waals surface area contributed by atoms with Gasteiger partial charge in [-0.1, -0.05) is 19.0 Å². The maximum absolute atomic E-state index is 13.9. The first-order valence-corrected chi connectivity index (χ1v) is 8.24. The van der Waals surface area contributed by atoms with Gasteiger partial charge in [0.05, 0.1) is 18.8 Å². The average molecular weight is 358 g/mol. The van der Waals surface area contributed by atoms with Crippen LogP contribution in [0.3, 0.4) is 0 Å². The predicted octanol–water partition coefficient (Wildman–Crippen LogP) is 5.16. The number of hydrogen-bond donors (Lipinski definition) is 1. The number of fused-ring (bicyclic) bond motifs is 1. The highest BCUT2D eigenvalue weighted by Crippen LogP contribution is 2.36. The fraction of sp³-hybridized carbons (Fsp3) is 0.250. The lowest BCUT2D eigenvalue weighted by molar-refractivity contribution is 0.322. The van der Waals surface area contributed by atoms with Crippen molar-refractivity contribution in [3.05, 3.63) is 58.8 Å². The number of ether oxygens (including phenoxy) is 1. The number of halogens is 2. The number of aromatic nitrogens is 1. The van der Waals surface area contributed by atoms with E-state index in [9.17, 15) is 8.78 Å². The molecule has 0 saturated heterocycles. The van der Waals surface area contributed by atoms with E-state index in [4.69, 9.17) is 9.94 Å². The zero-order valence-corrected chi connectivity index (χ0v) is 15.0. The summed E-state index contributed by atoms with van der Waals surface area (Å²) in [6.45, 7) is 5.89. The van der Waals surface area contributed by atoms with E-state index in [1.54, 1.807) is 7.11 Å². The molecule has 0 fully saturated rings. The molecule has 0 aliphatic heterocycles. The molecule has 136 valence electrons. The molecular formula is C20H20F2N2O2. The zero-order chi connectivity index (χ0) is 19.0. The molecule has 0 radical (unpaired) electrons. The molecule has 0 bridgehead atoms. The quantitative estimate of drug-likeness (QED) is 0.398. The van der Waals surface area contributed by atoms with Crippen molar-refractivity contribution in [2.75, 3.05) is 7.11 Å². The number of benzene rings is 2. The van der Waals surface area contributed by atoms with Gasteiger partial charge in [0, 0.05) is 28.4 Å². The Morgan fingerprint density at radius 1 is 1.15 bits per heavy atom.